The Balaban J connectivity index is 1.38. The maximum atomic E-state index is 14.1. The van der Waals surface area contributed by atoms with Crippen molar-refractivity contribution in [3.8, 4) is 5.82 Å². The van der Waals surface area contributed by atoms with Gasteiger partial charge in [-0.25, -0.2) is 19.2 Å². The minimum absolute atomic E-state index is 0.146. The molecule has 0 saturated carbocycles. The van der Waals surface area contributed by atoms with E-state index in [4.69, 9.17) is 11.6 Å². The van der Waals surface area contributed by atoms with Gasteiger partial charge < -0.3 is 5.32 Å². The SMILES string of the molecule is C[C@]1(c2ccn(C(F)F)n2)C[C@H](C(=O)Nc2cnc(-n3nccn3)c(Cl)c2)c2cnc3cc(F)nn3c21. The second-order valence-electron chi connectivity index (χ2n) is 8.68. The van der Waals surface area contributed by atoms with Gasteiger partial charge in [-0.2, -0.15) is 28.5 Å². The van der Waals surface area contributed by atoms with Gasteiger partial charge in [0.05, 0.1) is 52.0 Å². The van der Waals surface area contributed by atoms with Gasteiger partial charge in [0.15, 0.2) is 11.5 Å². The highest BCUT2D eigenvalue weighted by Crippen LogP contribution is 2.49. The molecule has 15 heteroatoms. The van der Waals surface area contributed by atoms with Crippen LogP contribution in [0.15, 0.2) is 49.2 Å². The van der Waals surface area contributed by atoms with E-state index in [1.54, 1.807) is 6.92 Å². The molecule has 1 aliphatic rings. The third kappa shape index (κ3) is 3.71. The van der Waals surface area contributed by atoms with Gasteiger partial charge in [-0.1, -0.05) is 11.6 Å². The van der Waals surface area contributed by atoms with E-state index in [1.807, 2.05) is 0 Å². The summed E-state index contributed by atoms with van der Waals surface area (Å²) in [5.74, 6) is -1.69. The number of halogens is 4. The summed E-state index contributed by atoms with van der Waals surface area (Å²) in [6, 6.07) is 4.11. The Hall–Kier alpha value is -4.33. The molecule has 2 atom stereocenters. The van der Waals surface area contributed by atoms with Crippen LogP contribution in [0.5, 0.6) is 0 Å². The third-order valence-electron chi connectivity index (χ3n) is 6.38. The van der Waals surface area contributed by atoms with Crippen LogP contribution in [-0.4, -0.2) is 50.3 Å². The molecule has 0 radical (unpaired) electrons. The molecule has 1 N–H and O–H groups in total. The smallest absolute Gasteiger partial charge is 0.324 e. The maximum absolute atomic E-state index is 14.1. The van der Waals surface area contributed by atoms with Crippen LogP contribution in [0.4, 0.5) is 18.9 Å². The summed E-state index contributed by atoms with van der Waals surface area (Å²) in [6.07, 6.45) is 7.14. The molecular weight excluding hydrogens is 513 g/mol. The first-order chi connectivity index (χ1) is 17.7. The first-order valence-electron chi connectivity index (χ1n) is 11.0. The Morgan fingerprint density at radius 1 is 1.19 bits per heavy atom. The largest absolute Gasteiger partial charge is 0.333 e. The lowest BCUT2D eigenvalue weighted by Gasteiger charge is -2.23. The minimum Gasteiger partial charge on any atom is -0.324 e. The maximum Gasteiger partial charge on any atom is 0.333 e. The molecule has 188 valence electrons. The van der Waals surface area contributed by atoms with Crippen molar-refractivity contribution in [1.29, 1.82) is 0 Å². The molecule has 0 aliphatic heterocycles. The summed E-state index contributed by atoms with van der Waals surface area (Å²) >= 11 is 6.32. The number of amides is 1. The van der Waals surface area contributed by atoms with Gasteiger partial charge in [0.1, 0.15) is 0 Å². The molecule has 5 heterocycles. The van der Waals surface area contributed by atoms with E-state index in [0.717, 1.165) is 12.3 Å². The number of rotatable bonds is 5. The zero-order valence-corrected chi connectivity index (χ0v) is 19.7. The summed E-state index contributed by atoms with van der Waals surface area (Å²) in [4.78, 5) is 23.2. The van der Waals surface area contributed by atoms with Gasteiger partial charge in [-0.15, -0.1) is 9.90 Å². The van der Waals surface area contributed by atoms with Crippen molar-refractivity contribution in [2.45, 2.75) is 31.2 Å². The molecule has 0 unspecified atom stereocenters. The van der Waals surface area contributed by atoms with Crippen LogP contribution in [0.25, 0.3) is 11.5 Å². The number of pyridine rings is 1. The standard InChI is InChI=1S/C22H16ClF3N10O/c1-22(15-2-5-34(32-15)21(25)26)8-12(13-10-27-17-7-16(24)33-35(17)18(13)22)20(37)31-11-6-14(23)19(28-9-11)36-29-3-4-30-36/h2-7,9-10,12,21H,8H2,1H3,(H,31,37)/t12-,22+/m0/s1. The number of aromatic nitrogens is 9. The molecule has 5 aromatic heterocycles. The number of carbonyl (C=O) groups is 1. The summed E-state index contributed by atoms with van der Waals surface area (Å²) in [7, 11) is 0. The highest BCUT2D eigenvalue weighted by atomic mass is 35.5. The monoisotopic (exact) mass is 528 g/mol. The average Bonchev–Trinajstić information content (AvgIpc) is 3.64. The molecule has 0 fully saturated rings. The molecule has 0 bridgehead atoms. The Kier molecular flexibility index (Phi) is 5.22. The summed E-state index contributed by atoms with van der Waals surface area (Å²) < 4.78 is 42.4. The van der Waals surface area contributed by atoms with Crippen LogP contribution in [0.1, 0.15) is 42.8 Å². The van der Waals surface area contributed by atoms with Gasteiger partial charge in [-0.05, 0) is 25.5 Å². The van der Waals surface area contributed by atoms with Crippen molar-refractivity contribution in [2.75, 3.05) is 5.32 Å². The number of hydrogen-bond donors (Lipinski definition) is 1. The van der Waals surface area contributed by atoms with Crippen molar-refractivity contribution in [3.05, 3.63) is 77.1 Å². The van der Waals surface area contributed by atoms with Crippen LogP contribution >= 0.6 is 11.6 Å². The molecule has 5 aromatic rings. The Morgan fingerprint density at radius 3 is 2.68 bits per heavy atom. The van der Waals surface area contributed by atoms with Crippen LogP contribution < -0.4 is 5.32 Å². The zero-order chi connectivity index (χ0) is 25.9. The summed E-state index contributed by atoms with van der Waals surface area (Å²) in [6.45, 7) is -1.09. The zero-order valence-electron chi connectivity index (χ0n) is 18.9. The molecule has 1 aliphatic carbocycles. The van der Waals surface area contributed by atoms with Crippen molar-refractivity contribution in [2.24, 2.45) is 0 Å². The highest BCUT2D eigenvalue weighted by Gasteiger charge is 2.48. The van der Waals surface area contributed by atoms with Gasteiger partial charge >= 0.3 is 6.55 Å². The van der Waals surface area contributed by atoms with Gasteiger partial charge in [0.25, 0.3) is 0 Å². The van der Waals surface area contributed by atoms with E-state index in [9.17, 15) is 18.0 Å². The predicted octanol–water partition coefficient (Wildman–Crippen LogP) is 3.52. The van der Waals surface area contributed by atoms with Crippen LogP contribution in [0.2, 0.25) is 5.02 Å². The number of fused-ring (bicyclic) bond motifs is 3. The summed E-state index contributed by atoms with van der Waals surface area (Å²) in [5.41, 5.74) is 0.685. The van der Waals surface area contributed by atoms with Crippen LogP contribution in [-0.2, 0) is 10.2 Å². The Labute approximate surface area is 210 Å². The topological polar surface area (TPSA) is 121 Å². The van der Waals surface area contributed by atoms with Gasteiger partial charge in [0, 0.05) is 24.0 Å². The normalized spacial score (nSPS) is 19.0. The van der Waals surface area contributed by atoms with Crippen molar-refractivity contribution < 1.29 is 18.0 Å². The average molecular weight is 529 g/mol. The van der Waals surface area contributed by atoms with Crippen molar-refractivity contribution >= 4 is 28.8 Å². The van der Waals surface area contributed by atoms with E-state index in [-0.39, 0.29) is 28.6 Å². The van der Waals surface area contributed by atoms with E-state index in [0.29, 0.717) is 21.6 Å². The molecule has 0 saturated heterocycles. The molecule has 0 spiro atoms. The highest BCUT2D eigenvalue weighted by molar-refractivity contribution is 6.32. The number of anilines is 1. The number of alkyl halides is 2. The molecule has 1 amide bonds. The molecular formula is C22H16ClF3N10O. The number of carbonyl (C=O) groups excluding carboxylic acids is 1. The van der Waals surface area contributed by atoms with Gasteiger partial charge in [-0.3, -0.25) is 4.79 Å². The van der Waals surface area contributed by atoms with E-state index < -0.39 is 29.7 Å². The second kappa shape index (κ2) is 8.37. The fourth-order valence-electron chi connectivity index (χ4n) is 4.74. The first-order valence-corrected chi connectivity index (χ1v) is 11.3. The Morgan fingerprint density at radius 2 is 1.97 bits per heavy atom. The fourth-order valence-corrected chi connectivity index (χ4v) is 4.98. The van der Waals surface area contributed by atoms with Crippen molar-refractivity contribution in [1.82, 2.24) is 44.4 Å². The quantitative estimate of drug-likeness (QED) is 0.370. The minimum atomic E-state index is -2.84. The van der Waals surface area contributed by atoms with E-state index in [2.05, 4.69) is 35.7 Å². The van der Waals surface area contributed by atoms with Crippen molar-refractivity contribution in [3.63, 3.8) is 0 Å². The third-order valence-corrected chi connectivity index (χ3v) is 6.66. The first kappa shape index (κ1) is 23.1. The van der Waals surface area contributed by atoms with Gasteiger partial charge in [0.2, 0.25) is 11.9 Å². The number of nitrogens with one attached hydrogen (secondary N) is 1. The molecule has 6 rings (SSSR count). The Bertz CT molecular complexity index is 1650. The summed E-state index contributed by atoms with van der Waals surface area (Å²) in [5, 5.41) is 18.9. The predicted molar refractivity (Wildman–Crippen MR) is 123 cm³/mol. The number of nitrogens with zero attached hydrogens (tertiary/aromatic N) is 9. The lowest BCUT2D eigenvalue weighted by atomic mass is 9.82. The lowest BCUT2D eigenvalue weighted by Crippen LogP contribution is -2.26. The molecule has 37 heavy (non-hydrogen) atoms. The number of hydrogen-bond acceptors (Lipinski definition) is 7. The second-order valence-corrected chi connectivity index (χ2v) is 9.09. The van der Waals surface area contributed by atoms with Crippen LogP contribution in [0, 0.1) is 5.95 Å². The molecule has 0 aromatic carbocycles. The molecule has 11 nitrogen and oxygen atoms in total. The van der Waals surface area contributed by atoms with E-state index >= 15 is 0 Å². The van der Waals surface area contributed by atoms with Crippen LogP contribution in [0.3, 0.4) is 0 Å². The fraction of sp³-hybridized carbons (Fsp3) is 0.227. The van der Waals surface area contributed by atoms with E-state index in [1.165, 1.54) is 46.2 Å². The lowest BCUT2D eigenvalue weighted by molar-refractivity contribution is -0.117.